The van der Waals surface area contributed by atoms with E-state index in [1.54, 1.807) is 0 Å². The number of alkyl halides is 6. The van der Waals surface area contributed by atoms with Crippen LogP contribution in [0.1, 0.15) is 12.8 Å². The van der Waals surface area contributed by atoms with Gasteiger partial charge in [0, 0.05) is 63.9 Å². The van der Waals surface area contributed by atoms with Crippen LogP contribution in [-0.4, -0.2) is 96.3 Å². The van der Waals surface area contributed by atoms with Gasteiger partial charge in [-0.3, -0.25) is 14.0 Å². The third-order valence-corrected chi connectivity index (χ3v) is 5.78. The van der Waals surface area contributed by atoms with Gasteiger partial charge in [0.2, 0.25) is 0 Å². The second-order valence-electron chi connectivity index (χ2n) is 8.83. The summed E-state index contributed by atoms with van der Waals surface area (Å²) in [5.41, 5.74) is 3.05. The van der Waals surface area contributed by atoms with Gasteiger partial charge >= 0.3 is 24.3 Å². The van der Waals surface area contributed by atoms with Crippen molar-refractivity contribution in [3.63, 3.8) is 0 Å². The fourth-order valence-corrected chi connectivity index (χ4v) is 3.70. The molecule has 1 saturated heterocycles. The van der Waals surface area contributed by atoms with Crippen molar-refractivity contribution < 1.29 is 46.1 Å². The van der Waals surface area contributed by atoms with Gasteiger partial charge in [0.05, 0.1) is 18.1 Å². The molecule has 0 radical (unpaired) electrons. The first-order valence-electron chi connectivity index (χ1n) is 11.6. The maximum absolute atomic E-state index is 10.6. The zero-order valence-electron chi connectivity index (χ0n) is 20.5. The minimum atomic E-state index is -5.08. The van der Waals surface area contributed by atoms with Gasteiger partial charge in [0.25, 0.3) is 0 Å². The molecular formula is C22H25F6N7O4. The van der Waals surface area contributed by atoms with Crippen LogP contribution in [0.15, 0.2) is 31.0 Å². The molecule has 0 aromatic carbocycles. The van der Waals surface area contributed by atoms with Gasteiger partial charge in [0.1, 0.15) is 0 Å². The SMILES string of the molecule is Cn1cc(-c2cnc3c(N4CCN(CC5CC5)CC4)nccn23)cn1.O=C(O)C(F)(F)F.O=C(O)C(F)(F)F. The lowest BCUT2D eigenvalue weighted by Crippen LogP contribution is -2.47. The lowest BCUT2D eigenvalue weighted by molar-refractivity contribution is -0.193. The smallest absolute Gasteiger partial charge is 0.475 e. The number of halogens is 6. The van der Waals surface area contributed by atoms with E-state index in [1.165, 1.54) is 19.4 Å². The number of carboxylic acids is 2. The molecule has 3 aromatic rings. The first kappa shape index (κ1) is 29.7. The van der Waals surface area contributed by atoms with Crippen LogP contribution < -0.4 is 4.90 Å². The van der Waals surface area contributed by atoms with Crippen LogP contribution in [0.2, 0.25) is 0 Å². The van der Waals surface area contributed by atoms with Gasteiger partial charge in [-0.25, -0.2) is 19.6 Å². The van der Waals surface area contributed by atoms with Crippen LogP contribution in [0.25, 0.3) is 16.9 Å². The number of aromatic nitrogens is 5. The second kappa shape index (κ2) is 11.9. The number of carboxylic acid groups (broad SMARTS) is 2. The van der Waals surface area contributed by atoms with E-state index in [0.29, 0.717) is 0 Å². The molecule has 3 aromatic heterocycles. The van der Waals surface area contributed by atoms with E-state index in [2.05, 4.69) is 29.3 Å². The van der Waals surface area contributed by atoms with Gasteiger partial charge < -0.3 is 15.1 Å². The van der Waals surface area contributed by atoms with Gasteiger partial charge in [-0.1, -0.05) is 0 Å². The summed E-state index contributed by atoms with van der Waals surface area (Å²) in [5.74, 6) is -3.56. The van der Waals surface area contributed by atoms with E-state index >= 15 is 0 Å². The monoisotopic (exact) mass is 565 g/mol. The van der Waals surface area contributed by atoms with Gasteiger partial charge in [-0.15, -0.1) is 0 Å². The van der Waals surface area contributed by atoms with E-state index in [1.807, 2.05) is 42.7 Å². The highest BCUT2D eigenvalue weighted by molar-refractivity contribution is 5.73. The molecule has 1 aliphatic carbocycles. The number of nitrogens with zero attached hydrogens (tertiary/aromatic N) is 7. The highest BCUT2D eigenvalue weighted by Gasteiger charge is 2.39. The fourth-order valence-electron chi connectivity index (χ4n) is 3.70. The number of hydrogen-bond acceptors (Lipinski definition) is 7. The third kappa shape index (κ3) is 8.30. The zero-order chi connectivity index (χ0) is 29.0. The molecule has 1 aliphatic heterocycles. The van der Waals surface area contributed by atoms with E-state index in [9.17, 15) is 26.3 Å². The highest BCUT2D eigenvalue weighted by Crippen LogP contribution is 2.30. The Kier molecular flexibility index (Phi) is 9.03. The van der Waals surface area contributed by atoms with Crippen LogP contribution in [0.4, 0.5) is 32.2 Å². The van der Waals surface area contributed by atoms with Crippen molar-refractivity contribution in [1.29, 1.82) is 0 Å². The predicted molar refractivity (Wildman–Crippen MR) is 124 cm³/mol. The molecule has 0 amide bonds. The Morgan fingerprint density at radius 1 is 0.949 bits per heavy atom. The largest absolute Gasteiger partial charge is 0.490 e. The summed E-state index contributed by atoms with van der Waals surface area (Å²) >= 11 is 0. The first-order chi connectivity index (χ1) is 18.2. The van der Waals surface area contributed by atoms with Crippen molar-refractivity contribution >= 4 is 23.4 Å². The Bertz CT molecular complexity index is 1250. The summed E-state index contributed by atoms with van der Waals surface area (Å²) in [6.45, 7) is 5.56. The average Bonchev–Trinajstić information content (AvgIpc) is 3.39. The maximum Gasteiger partial charge on any atom is 0.490 e. The Morgan fingerprint density at radius 2 is 1.51 bits per heavy atom. The van der Waals surface area contributed by atoms with Crippen LogP contribution in [0.3, 0.4) is 0 Å². The number of fused-ring (bicyclic) bond motifs is 1. The summed E-state index contributed by atoms with van der Waals surface area (Å²) in [7, 11) is 1.93. The average molecular weight is 565 g/mol. The van der Waals surface area contributed by atoms with Crippen molar-refractivity contribution in [2.45, 2.75) is 25.2 Å². The van der Waals surface area contributed by atoms with Gasteiger partial charge in [-0.2, -0.15) is 31.4 Å². The normalized spacial score (nSPS) is 16.2. The van der Waals surface area contributed by atoms with Crippen LogP contribution in [0.5, 0.6) is 0 Å². The first-order valence-corrected chi connectivity index (χ1v) is 11.6. The van der Waals surface area contributed by atoms with E-state index < -0.39 is 24.3 Å². The number of piperazine rings is 1. The Morgan fingerprint density at radius 3 is 1.97 bits per heavy atom. The molecule has 17 heteroatoms. The predicted octanol–water partition coefficient (Wildman–Crippen LogP) is 2.93. The molecule has 11 nitrogen and oxygen atoms in total. The standard InChI is InChI=1S/C18H23N7.2C2HF3O2/c1-22-13-15(10-21-22)16-11-20-18-17(19-4-5-25(16)18)24-8-6-23(7-9-24)12-14-2-3-14;2*3-2(4,5)1(6)7/h4-5,10-11,13-14H,2-3,6-9,12H2,1H3;2*(H,6,7). The molecule has 39 heavy (non-hydrogen) atoms. The van der Waals surface area contributed by atoms with Gasteiger partial charge in [-0.05, 0) is 18.8 Å². The van der Waals surface area contributed by atoms with Gasteiger partial charge in [0.15, 0.2) is 11.5 Å². The maximum atomic E-state index is 10.6. The summed E-state index contributed by atoms with van der Waals surface area (Å²) in [6, 6.07) is 0. The van der Waals surface area contributed by atoms with E-state index in [-0.39, 0.29) is 0 Å². The van der Waals surface area contributed by atoms with Crippen LogP contribution in [0, 0.1) is 5.92 Å². The number of rotatable bonds is 4. The number of anilines is 1. The molecule has 4 heterocycles. The summed E-state index contributed by atoms with van der Waals surface area (Å²) < 4.78 is 67.4. The lowest BCUT2D eigenvalue weighted by atomic mass is 10.2. The van der Waals surface area contributed by atoms with E-state index in [0.717, 1.165) is 54.8 Å². The van der Waals surface area contributed by atoms with Crippen molar-refractivity contribution in [1.82, 2.24) is 29.0 Å². The zero-order valence-corrected chi connectivity index (χ0v) is 20.5. The fraction of sp³-hybridized carbons (Fsp3) is 0.500. The molecule has 2 N–H and O–H groups in total. The number of aliphatic carboxylic acids is 2. The van der Waals surface area contributed by atoms with E-state index in [4.69, 9.17) is 19.8 Å². The number of carbonyl (C=O) groups is 2. The molecule has 214 valence electrons. The third-order valence-electron chi connectivity index (χ3n) is 5.78. The quantitative estimate of drug-likeness (QED) is 0.459. The minimum absolute atomic E-state index is 0.928. The number of imidazole rings is 1. The van der Waals surface area contributed by atoms with Crippen molar-refractivity contribution in [3.8, 4) is 11.3 Å². The Balaban J connectivity index is 0.000000251. The number of hydrogen-bond donors (Lipinski definition) is 2. The lowest BCUT2D eigenvalue weighted by Gasteiger charge is -2.35. The molecule has 5 rings (SSSR count). The van der Waals surface area contributed by atoms with Crippen LogP contribution >= 0.6 is 0 Å². The molecule has 2 fully saturated rings. The summed E-state index contributed by atoms with van der Waals surface area (Å²) in [6.07, 6.45) is 2.35. The van der Waals surface area contributed by atoms with Crippen molar-refractivity contribution in [3.05, 3.63) is 31.0 Å². The van der Waals surface area contributed by atoms with Crippen molar-refractivity contribution in [2.24, 2.45) is 13.0 Å². The minimum Gasteiger partial charge on any atom is -0.475 e. The molecule has 0 unspecified atom stereocenters. The number of aryl methyl sites for hydroxylation is 1. The molecule has 2 aliphatic rings. The summed E-state index contributed by atoms with van der Waals surface area (Å²) in [5, 5.41) is 18.5. The molecular weight excluding hydrogens is 540 g/mol. The molecule has 0 bridgehead atoms. The Hall–Kier alpha value is -3.89. The molecule has 0 atom stereocenters. The molecule has 0 spiro atoms. The second-order valence-corrected chi connectivity index (χ2v) is 8.83. The van der Waals surface area contributed by atoms with Crippen LogP contribution in [-0.2, 0) is 16.6 Å². The highest BCUT2D eigenvalue weighted by atomic mass is 19.4. The Labute approximate surface area is 217 Å². The molecule has 1 saturated carbocycles. The summed E-state index contributed by atoms with van der Waals surface area (Å²) in [4.78, 5) is 32.1. The topological polar surface area (TPSA) is 129 Å². The van der Waals surface area contributed by atoms with Crippen molar-refractivity contribution in [2.75, 3.05) is 37.6 Å².